The van der Waals surface area contributed by atoms with E-state index in [9.17, 15) is 0 Å². The predicted octanol–water partition coefficient (Wildman–Crippen LogP) is 5.51. The molecule has 0 bridgehead atoms. The molecular formula is C19H16OS. The van der Waals surface area contributed by atoms with Crippen molar-refractivity contribution in [3.8, 4) is 16.9 Å². The zero-order valence-electron chi connectivity index (χ0n) is 11.8. The zero-order chi connectivity index (χ0) is 14.5. The normalized spacial score (nSPS) is 10.3. The molecule has 0 saturated carbocycles. The molecule has 0 amide bonds. The molecule has 0 fully saturated rings. The smallest absolute Gasteiger partial charge is 0.118 e. The molecule has 0 aliphatic rings. The Morgan fingerprint density at radius 3 is 2.10 bits per heavy atom. The average molecular weight is 292 g/mol. The summed E-state index contributed by atoms with van der Waals surface area (Å²) in [5, 5.41) is 0. The van der Waals surface area contributed by atoms with Crippen LogP contribution < -0.4 is 4.74 Å². The van der Waals surface area contributed by atoms with E-state index in [0.29, 0.717) is 0 Å². The van der Waals surface area contributed by atoms with E-state index in [4.69, 9.17) is 4.74 Å². The fraction of sp³-hybridized carbons (Fsp3) is 0.0526. The van der Waals surface area contributed by atoms with Crippen molar-refractivity contribution in [2.24, 2.45) is 0 Å². The molecule has 0 aliphatic heterocycles. The zero-order valence-corrected chi connectivity index (χ0v) is 12.6. The summed E-state index contributed by atoms with van der Waals surface area (Å²) in [4.78, 5) is 2.47. The van der Waals surface area contributed by atoms with Gasteiger partial charge >= 0.3 is 0 Å². The van der Waals surface area contributed by atoms with Gasteiger partial charge in [-0.1, -0.05) is 60.3 Å². The van der Waals surface area contributed by atoms with Gasteiger partial charge in [0.25, 0.3) is 0 Å². The molecule has 0 aliphatic carbocycles. The second-order valence-corrected chi connectivity index (χ2v) is 5.76. The van der Waals surface area contributed by atoms with Gasteiger partial charge in [-0.15, -0.1) is 0 Å². The van der Waals surface area contributed by atoms with Crippen LogP contribution in [0.3, 0.4) is 0 Å². The standard InChI is InChI=1S/C19H16OS/c1-20-16-11-13-17(14-12-16)21-19-10-6-5-9-18(19)15-7-3-2-4-8-15/h2-14H,1H3. The Kier molecular flexibility index (Phi) is 4.27. The van der Waals surface area contributed by atoms with Crippen LogP contribution in [0, 0.1) is 0 Å². The van der Waals surface area contributed by atoms with E-state index in [1.807, 2.05) is 18.2 Å². The average Bonchev–Trinajstić information content (AvgIpc) is 2.57. The molecule has 0 heterocycles. The Bertz CT molecular complexity index is 705. The Morgan fingerprint density at radius 2 is 1.38 bits per heavy atom. The third-order valence-electron chi connectivity index (χ3n) is 3.26. The molecule has 0 aromatic heterocycles. The summed E-state index contributed by atoms with van der Waals surface area (Å²) >= 11 is 1.77. The summed E-state index contributed by atoms with van der Waals surface area (Å²) in [5.41, 5.74) is 2.51. The molecule has 0 radical (unpaired) electrons. The number of hydrogen-bond acceptors (Lipinski definition) is 2. The van der Waals surface area contributed by atoms with Crippen molar-refractivity contribution >= 4 is 11.8 Å². The lowest BCUT2D eigenvalue weighted by atomic mass is 10.1. The first-order valence-electron chi connectivity index (χ1n) is 6.83. The molecule has 3 rings (SSSR count). The summed E-state index contributed by atoms with van der Waals surface area (Å²) in [6.45, 7) is 0. The topological polar surface area (TPSA) is 9.23 Å². The number of rotatable bonds is 4. The van der Waals surface area contributed by atoms with Crippen LogP contribution in [0.25, 0.3) is 11.1 Å². The highest BCUT2D eigenvalue weighted by Crippen LogP contribution is 2.36. The Balaban J connectivity index is 1.92. The fourth-order valence-electron chi connectivity index (χ4n) is 2.18. The van der Waals surface area contributed by atoms with Gasteiger partial charge in [0.1, 0.15) is 5.75 Å². The summed E-state index contributed by atoms with van der Waals surface area (Å²) in [7, 11) is 1.69. The third kappa shape index (κ3) is 3.29. The van der Waals surface area contributed by atoms with Gasteiger partial charge in [0, 0.05) is 9.79 Å². The van der Waals surface area contributed by atoms with Crippen LogP contribution in [-0.2, 0) is 0 Å². The van der Waals surface area contributed by atoms with Crippen LogP contribution in [0.5, 0.6) is 5.75 Å². The molecule has 21 heavy (non-hydrogen) atoms. The Morgan fingerprint density at radius 1 is 0.714 bits per heavy atom. The van der Waals surface area contributed by atoms with Crippen LogP contribution >= 0.6 is 11.8 Å². The second-order valence-electron chi connectivity index (χ2n) is 4.64. The fourth-order valence-corrected chi connectivity index (χ4v) is 3.15. The molecule has 0 N–H and O–H groups in total. The monoisotopic (exact) mass is 292 g/mol. The summed E-state index contributed by atoms with van der Waals surface area (Å²) in [6, 6.07) is 27.1. The van der Waals surface area contributed by atoms with E-state index >= 15 is 0 Å². The van der Waals surface area contributed by atoms with E-state index in [-0.39, 0.29) is 0 Å². The third-order valence-corrected chi connectivity index (χ3v) is 4.34. The molecule has 0 atom stereocenters. The number of ether oxygens (including phenoxy) is 1. The quantitative estimate of drug-likeness (QED) is 0.626. The van der Waals surface area contributed by atoms with Gasteiger partial charge in [0.15, 0.2) is 0 Å². The second kappa shape index (κ2) is 6.51. The van der Waals surface area contributed by atoms with Crippen LogP contribution in [0.4, 0.5) is 0 Å². The first-order valence-corrected chi connectivity index (χ1v) is 7.65. The van der Waals surface area contributed by atoms with E-state index in [0.717, 1.165) is 5.75 Å². The maximum absolute atomic E-state index is 5.20. The highest BCUT2D eigenvalue weighted by Gasteiger charge is 2.06. The van der Waals surface area contributed by atoms with E-state index in [2.05, 4.69) is 60.7 Å². The number of hydrogen-bond donors (Lipinski definition) is 0. The highest BCUT2D eigenvalue weighted by molar-refractivity contribution is 7.99. The van der Waals surface area contributed by atoms with Gasteiger partial charge < -0.3 is 4.74 Å². The van der Waals surface area contributed by atoms with Crippen molar-refractivity contribution in [3.05, 3.63) is 78.9 Å². The molecule has 0 spiro atoms. The minimum absolute atomic E-state index is 0.885. The van der Waals surface area contributed by atoms with Crippen molar-refractivity contribution in [1.29, 1.82) is 0 Å². The lowest BCUT2D eigenvalue weighted by Crippen LogP contribution is -1.83. The number of methoxy groups -OCH3 is 1. The largest absolute Gasteiger partial charge is 0.497 e. The first kappa shape index (κ1) is 13.8. The molecular weight excluding hydrogens is 276 g/mol. The van der Waals surface area contributed by atoms with Crippen LogP contribution in [-0.4, -0.2) is 7.11 Å². The van der Waals surface area contributed by atoms with E-state index in [1.165, 1.54) is 20.9 Å². The minimum Gasteiger partial charge on any atom is -0.497 e. The molecule has 0 saturated heterocycles. The van der Waals surface area contributed by atoms with E-state index in [1.54, 1.807) is 18.9 Å². The lowest BCUT2D eigenvalue weighted by molar-refractivity contribution is 0.414. The molecule has 2 heteroatoms. The van der Waals surface area contributed by atoms with Gasteiger partial charge in [0.05, 0.1) is 7.11 Å². The van der Waals surface area contributed by atoms with Gasteiger partial charge in [-0.25, -0.2) is 0 Å². The predicted molar refractivity (Wildman–Crippen MR) is 89.0 cm³/mol. The van der Waals surface area contributed by atoms with Crippen LogP contribution in [0.15, 0.2) is 88.7 Å². The van der Waals surface area contributed by atoms with Gasteiger partial charge in [-0.3, -0.25) is 0 Å². The first-order chi connectivity index (χ1) is 10.4. The molecule has 3 aromatic rings. The lowest BCUT2D eigenvalue weighted by Gasteiger charge is -2.09. The van der Waals surface area contributed by atoms with Crippen molar-refractivity contribution in [3.63, 3.8) is 0 Å². The summed E-state index contributed by atoms with van der Waals surface area (Å²) in [6.07, 6.45) is 0. The van der Waals surface area contributed by atoms with E-state index < -0.39 is 0 Å². The van der Waals surface area contributed by atoms with Gasteiger partial charge in [0.2, 0.25) is 0 Å². The molecule has 1 nitrogen and oxygen atoms in total. The Hall–Kier alpha value is -2.19. The number of benzene rings is 3. The minimum atomic E-state index is 0.885. The van der Waals surface area contributed by atoms with Crippen LogP contribution in [0.1, 0.15) is 0 Å². The maximum atomic E-state index is 5.20. The van der Waals surface area contributed by atoms with Crippen molar-refractivity contribution in [2.75, 3.05) is 7.11 Å². The summed E-state index contributed by atoms with van der Waals surface area (Å²) < 4.78 is 5.20. The van der Waals surface area contributed by atoms with Crippen LogP contribution in [0.2, 0.25) is 0 Å². The van der Waals surface area contributed by atoms with Crippen molar-refractivity contribution in [2.45, 2.75) is 9.79 Å². The highest BCUT2D eigenvalue weighted by atomic mass is 32.2. The van der Waals surface area contributed by atoms with Crippen molar-refractivity contribution in [1.82, 2.24) is 0 Å². The Labute approximate surface area is 129 Å². The SMILES string of the molecule is COc1ccc(Sc2ccccc2-c2ccccc2)cc1. The summed E-state index contributed by atoms with van der Waals surface area (Å²) in [5.74, 6) is 0.885. The maximum Gasteiger partial charge on any atom is 0.118 e. The van der Waals surface area contributed by atoms with Crippen molar-refractivity contribution < 1.29 is 4.74 Å². The molecule has 0 unspecified atom stereocenters. The molecule has 3 aromatic carbocycles. The van der Waals surface area contributed by atoms with Gasteiger partial charge in [-0.2, -0.15) is 0 Å². The van der Waals surface area contributed by atoms with Gasteiger partial charge in [-0.05, 0) is 41.5 Å². The molecule has 104 valence electrons.